The Bertz CT molecular complexity index is 213. The van der Waals surface area contributed by atoms with E-state index >= 15 is 0 Å². The Hall–Kier alpha value is -0.790. The second-order valence-corrected chi connectivity index (χ2v) is 3.17. The molecule has 2 heteroatoms. The molecular weight excluding hydrogens is 136 g/mol. The molecule has 11 heavy (non-hydrogen) atoms. The molecule has 0 saturated carbocycles. The normalized spacial score (nSPS) is 10.9. The molecule has 1 aromatic rings. The Balaban J connectivity index is 2.78. The average molecular weight is 152 g/mol. The highest BCUT2D eigenvalue weighted by Gasteiger charge is 2.03. The van der Waals surface area contributed by atoms with E-state index in [0.29, 0.717) is 5.92 Å². The van der Waals surface area contributed by atoms with Crippen LogP contribution >= 0.6 is 0 Å². The average Bonchev–Trinajstić information content (AvgIpc) is 2.36. The van der Waals surface area contributed by atoms with E-state index in [2.05, 4.69) is 30.3 Å². The maximum Gasteiger partial charge on any atom is 0.0948 e. The first-order chi connectivity index (χ1) is 5.25. The molecule has 1 aromatic heterocycles. The van der Waals surface area contributed by atoms with Crippen molar-refractivity contribution in [2.45, 2.75) is 39.7 Å². The molecule has 0 aliphatic heterocycles. The summed E-state index contributed by atoms with van der Waals surface area (Å²) in [6.07, 6.45) is 5.05. The number of hydrogen-bond donors (Lipinski definition) is 0. The molecule has 1 heterocycles. The van der Waals surface area contributed by atoms with E-state index in [1.54, 1.807) is 0 Å². The summed E-state index contributed by atoms with van der Waals surface area (Å²) in [7, 11) is 0. The smallest absolute Gasteiger partial charge is 0.0948 e. The van der Waals surface area contributed by atoms with Crippen LogP contribution in [0.15, 0.2) is 12.5 Å². The van der Waals surface area contributed by atoms with Gasteiger partial charge in [0.1, 0.15) is 0 Å². The lowest BCUT2D eigenvalue weighted by atomic mass is 10.1. The molecular formula is C9H16N2. The van der Waals surface area contributed by atoms with E-state index in [0.717, 1.165) is 6.54 Å². The molecule has 0 saturated heterocycles. The Morgan fingerprint density at radius 2 is 2.27 bits per heavy atom. The zero-order valence-corrected chi connectivity index (χ0v) is 7.54. The van der Waals surface area contributed by atoms with Gasteiger partial charge >= 0.3 is 0 Å². The van der Waals surface area contributed by atoms with Gasteiger partial charge in [-0.25, -0.2) is 4.98 Å². The van der Waals surface area contributed by atoms with Gasteiger partial charge in [0.2, 0.25) is 0 Å². The highest BCUT2D eigenvalue weighted by molar-refractivity contribution is 5.03. The second kappa shape index (κ2) is 3.56. The SMILES string of the molecule is CCCn1cncc1C(C)C. The quantitative estimate of drug-likeness (QED) is 0.650. The van der Waals surface area contributed by atoms with E-state index < -0.39 is 0 Å². The van der Waals surface area contributed by atoms with Crippen molar-refractivity contribution in [2.24, 2.45) is 0 Å². The van der Waals surface area contributed by atoms with Gasteiger partial charge in [-0.2, -0.15) is 0 Å². The fraction of sp³-hybridized carbons (Fsp3) is 0.667. The maximum absolute atomic E-state index is 4.12. The summed E-state index contributed by atoms with van der Waals surface area (Å²) in [5, 5.41) is 0. The van der Waals surface area contributed by atoms with Crippen LogP contribution in [-0.2, 0) is 6.54 Å². The van der Waals surface area contributed by atoms with Crippen LogP contribution in [0.25, 0.3) is 0 Å². The topological polar surface area (TPSA) is 17.8 Å². The van der Waals surface area contributed by atoms with Gasteiger partial charge in [0, 0.05) is 18.4 Å². The van der Waals surface area contributed by atoms with Crippen molar-refractivity contribution in [1.29, 1.82) is 0 Å². The number of aromatic nitrogens is 2. The molecule has 0 unspecified atom stereocenters. The largest absolute Gasteiger partial charge is 0.334 e. The number of hydrogen-bond acceptors (Lipinski definition) is 1. The van der Waals surface area contributed by atoms with Gasteiger partial charge in [-0.05, 0) is 12.3 Å². The highest BCUT2D eigenvalue weighted by atomic mass is 15.0. The Kier molecular flexibility index (Phi) is 2.69. The summed E-state index contributed by atoms with van der Waals surface area (Å²) < 4.78 is 2.23. The van der Waals surface area contributed by atoms with Gasteiger partial charge in [-0.3, -0.25) is 0 Å². The zero-order chi connectivity index (χ0) is 8.27. The molecule has 0 aliphatic carbocycles. The molecule has 0 amide bonds. The van der Waals surface area contributed by atoms with Crippen molar-refractivity contribution >= 4 is 0 Å². The van der Waals surface area contributed by atoms with Gasteiger partial charge in [0.25, 0.3) is 0 Å². The molecule has 1 rings (SSSR count). The van der Waals surface area contributed by atoms with Crippen molar-refractivity contribution in [1.82, 2.24) is 9.55 Å². The lowest BCUT2D eigenvalue weighted by molar-refractivity contribution is 0.622. The molecule has 0 N–H and O–H groups in total. The molecule has 62 valence electrons. The maximum atomic E-state index is 4.12. The van der Waals surface area contributed by atoms with E-state index in [4.69, 9.17) is 0 Å². The Morgan fingerprint density at radius 3 is 2.82 bits per heavy atom. The monoisotopic (exact) mass is 152 g/mol. The third kappa shape index (κ3) is 1.82. The van der Waals surface area contributed by atoms with Crippen LogP contribution in [0.4, 0.5) is 0 Å². The zero-order valence-electron chi connectivity index (χ0n) is 7.54. The fourth-order valence-electron chi connectivity index (χ4n) is 1.24. The summed E-state index contributed by atoms with van der Waals surface area (Å²) in [5.41, 5.74) is 1.34. The van der Waals surface area contributed by atoms with Gasteiger partial charge < -0.3 is 4.57 Å². The molecule has 0 bridgehead atoms. The third-order valence-corrected chi connectivity index (χ3v) is 1.80. The molecule has 0 aliphatic rings. The minimum Gasteiger partial charge on any atom is -0.334 e. The van der Waals surface area contributed by atoms with E-state index in [1.165, 1.54) is 12.1 Å². The standard InChI is InChI=1S/C9H16N2/c1-4-5-11-7-10-6-9(11)8(2)3/h6-8H,4-5H2,1-3H3. The van der Waals surface area contributed by atoms with Crippen molar-refractivity contribution < 1.29 is 0 Å². The van der Waals surface area contributed by atoms with Crippen LogP contribution in [0, 0.1) is 0 Å². The number of aryl methyl sites for hydroxylation is 1. The Morgan fingerprint density at radius 1 is 1.55 bits per heavy atom. The predicted octanol–water partition coefficient (Wildman–Crippen LogP) is 2.42. The van der Waals surface area contributed by atoms with Crippen LogP contribution in [-0.4, -0.2) is 9.55 Å². The first kappa shape index (κ1) is 8.31. The first-order valence-electron chi connectivity index (χ1n) is 4.25. The van der Waals surface area contributed by atoms with E-state index in [9.17, 15) is 0 Å². The molecule has 0 spiro atoms. The minimum absolute atomic E-state index is 0.587. The molecule has 0 aromatic carbocycles. The van der Waals surface area contributed by atoms with Crippen LogP contribution in [0.5, 0.6) is 0 Å². The van der Waals surface area contributed by atoms with Crippen molar-refractivity contribution in [3.63, 3.8) is 0 Å². The van der Waals surface area contributed by atoms with Crippen molar-refractivity contribution in [3.05, 3.63) is 18.2 Å². The van der Waals surface area contributed by atoms with E-state index in [-0.39, 0.29) is 0 Å². The molecule has 0 atom stereocenters. The highest BCUT2D eigenvalue weighted by Crippen LogP contribution is 2.13. The lowest BCUT2D eigenvalue weighted by Crippen LogP contribution is -2.01. The van der Waals surface area contributed by atoms with Crippen LogP contribution in [0.3, 0.4) is 0 Å². The fourth-order valence-corrected chi connectivity index (χ4v) is 1.24. The molecule has 0 radical (unpaired) electrons. The summed E-state index contributed by atoms with van der Waals surface area (Å²) in [5.74, 6) is 0.587. The Labute approximate surface area is 68.3 Å². The minimum atomic E-state index is 0.587. The van der Waals surface area contributed by atoms with Gasteiger partial charge in [-0.15, -0.1) is 0 Å². The van der Waals surface area contributed by atoms with Crippen molar-refractivity contribution in [2.75, 3.05) is 0 Å². The predicted molar refractivity (Wildman–Crippen MR) is 46.6 cm³/mol. The third-order valence-electron chi connectivity index (χ3n) is 1.80. The summed E-state index contributed by atoms with van der Waals surface area (Å²) in [6.45, 7) is 7.67. The summed E-state index contributed by atoms with van der Waals surface area (Å²) in [4.78, 5) is 4.12. The van der Waals surface area contributed by atoms with Gasteiger partial charge in [0.05, 0.1) is 6.33 Å². The molecule has 0 fully saturated rings. The second-order valence-electron chi connectivity index (χ2n) is 3.17. The van der Waals surface area contributed by atoms with Crippen LogP contribution in [0.2, 0.25) is 0 Å². The molecule has 2 nitrogen and oxygen atoms in total. The number of imidazole rings is 1. The van der Waals surface area contributed by atoms with Crippen molar-refractivity contribution in [3.8, 4) is 0 Å². The number of nitrogens with zero attached hydrogens (tertiary/aromatic N) is 2. The van der Waals surface area contributed by atoms with Gasteiger partial charge in [-0.1, -0.05) is 20.8 Å². The van der Waals surface area contributed by atoms with Crippen LogP contribution < -0.4 is 0 Å². The summed E-state index contributed by atoms with van der Waals surface area (Å²) >= 11 is 0. The number of rotatable bonds is 3. The van der Waals surface area contributed by atoms with Crippen LogP contribution in [0.1, 0.15) is 38.8 Å². The summed E-state index contributed by atoms with van der Waals surface area (Å²) in [6, 6.07) is 0. The lowest BCUT2D eigenvalue weighted by Gasteiger charge is -2.08. The van der Waals surface area contributed by atoms with Gasteiger partial charge in [0.15, 0.2) is 0 Å². The first-order valence-corrected chi connectivity index (χ1v) is 4.25. The van der Waals surface area contributed by atoms with E-state index in [1.807, 2.05) is 12.5 Å².